The number of hydrogen-bond donors (Lipinski definition) is 2. The van der Waals surface area contributed by atoms with E-state index in [1.54, 1.807) is 24.3 Å². The Bertz CT molecular complexity index is 1270. The minimum absolute atomic E-state index is 0.0704. The van der Waals surface area contributed by atoms with E-state index in [0.29, 0.717) is 17.1 Å². The highest BCUT2D eigenvalue weighted by Gasteiger charge is 2.16. The minimum atomic E-state index is -3.71. The average molecular weight is 428 g/mol. The van der Waals surface area contributed by atoms with Crippen molar-refractivity contribution in [3.63, 3.8) is 0 Å². The van der Waals surface area contributed by atoms with Crippen LogP contribution in [0.4, 0.5) is 5.13 Å². The molecule has 0 atom stereocenters. The van der Waals surface area contributed by atoms with Crippen LogP contribution in [0.2, 0.25) is 0 Å². The molecule has 4 aromatic rings. The first kappa shape index (κ1) is 19.3. The number of furan rings is 1. The predicted molar refractivity (Wildman–Crippen MR) is 112 cm³/mol. The van der Waals surface area contributed by atoms with Crippen molar-refractivity contribution in [2.45, 2.75) is 18.2 Å². The number of carbonyl (C=O) groups excluding carboxylic acids is 1. The van der Waals surface area contributed by atoms with Gasteiger partial charge in [-0.1, -0.05) is 30.3 Å². The van der Waals surface area contributed by atoms with Gasteiger partial charge in [0.15, 0.2) is 10.9 Å². The maximum atomic E-state index is 12.5. The van der Waals surface area contributed by atoms with Gasteiger partial charge >= 0.3 is 0 Å². The molecule has 0 saturated carbocycles. The number of sulfonamides is 1. The number of aromatic nitrogens is 1. The second-order valence-corrected chi connectivity index (χ2v) is 9.14. The first-order valence-corrected chi connectivity index (χ1v) is 11.0. The lowest BCUT2D eigenvalue weighted by atomic mass is 10.1. The number of benzene rings is 2. The number of anilines is 1. The van der Waals surface area contributed by atoms with Crippen LogP contribution in [-0.2, 0) is 16.4 Å². The molecule has 3 N–H and O–H groups in total. The molecule has 9 heteroatoms. The van der Waals surface area contributed by atoms with Gasteiger partial charge in [0, 0.05) is 16.7 Å². The largest absolute Gasteiger partial charge is 0.451 e. The maximum absolute atomic E-state index is 12.5. The molecule has 2 aromatic carbocycles. The summed E-state index contributed by atoms with van der Waals surface area (Å²) < 4.78 is 28.3. The lowest BCUT2D eigenvalue weighted by molar-refractivity contribution is 0.0998. The van der Waals surface area contributed by atoms with E-state index in [9.17, 15) is 13.2 Å². The molecular formula is C20H17N3O4S2. The Hall–Kier alpha value is -3.01. The van der Waals surface area contributed by atoms with E-state index >= 15 is 0 Å². The van der Waals surface area contributed by atoms with Crippen LogP contribution in [0, 0.1) is 6.92 Å². The Labute approximate surface area is 171 Å². The molecule has 0 radical (unpaired) electrons. The van der Waals surface area contributed by atoms with E-state index in [1.807, 2.05) is 25.1 Å². The van der Waals surface area contributed by atoms with Gasteiger partial charge in [0.25, 0.3) is 5.91 Å². The summed E-state index contributed by atoms with van der Waals surface area (Å²) in [5.41, 5.74) is 2.36. The van der Waals surface area contributed by atoms with Gasteiger partial charge in [0.05, 0.1) is 10.6 Å². The monoisotopic (exact) mass is 427 g/mol. The van der Waals surface area contributed by atoms with Crippen molar-refractivity contribution in [3.8, 4) is 0 Å². The summed E-state index contributed by atoms with van der Waals surface area (Å²) >= 11 is 1.37. The lowest BCUT2D eigenvalue weighted by Gasteiger charge is -2.02. The average Bonchev–Trinajstić information content (AvgIpc) is 3.25. The number of nitrogens with one attached hydrogen (secondary N) is 1. The molecule has 0 unspecified atom stereocenters. The van der Waals surface area contributed by atoms with Gasteiger partial charge in [-0.25, -0.2) is 18.5 Å². The van der Waals surface area contributed by atoms with Crippen LogP contribution in [0.1, 0.15) is 26.7 Å². The number of nitrogens with two attached hydrogens (primary N) is 1. The molecule has 2 aromatic heterocycles. The molecule has 148 valence electrons. The summed E-state index contributed by atoms with van der Waals surface area (Å²) in [4.78, 5) is 17.9. The number of nitrogens with zero attached hydrogens (tertiary/aromatic N) is 1. The topological polar surface area (TPSA) is 115 Å². The van der Waals surface area contributed by atoms with Gasteiger partial charge < -0.3 is 4.42 Å². The quantitative estimate of drug-likeness (QED) is 0.504. The van der Waals surface area contributed by atoms with Crippen molar-refractivity contribution in [1.29, 1.82) is 0 Å². The van der Waals surface area contributed by atoms with Gasteiger partial charge in [-0.15, -0.1) is 11.3 Å². The molecule has 0 bridgehead atoms. The number of fused-ring (bicyclic) bond motifs is 1. The normalized spacial score (nSPS) is 11.7. The summed E-state index contributed by atoms with van der Waals surface area (Å²) in [5.74, 6) is -0.141. The molecule has 0 spiro atoms. The van der Waals surface area contributed by atoms with Gasteiger partial charge in [0.2, 0.25) is 10.0 Å². The Morgan fingerprint density at radius 3 is 2.59 bits per heavy atom. The third-order valence-electron chi connectivity index (χ3n) is 4.38. The van der Waals surface area contributed by atoms with E-state index in [4.69, 9.17) is 9.56 Å². The molecule has 0 aliphatic carbocycles. The van der Waals surface area contributed by atoms with Crippen LogP contribution in [0.5, 0.6) is 0 Å². The molecule has 2 heterocycles. The third-order valence-corrected chi connectivity index (χ3v) is 6.38. The highest BCUT2D eigenvalue weighted by atomic mass is 32.2. The number of rotatable bonds is 5. The first-order valence-electron chi connectivity index (χ1n) is 8.67. The van der Waals surface area contributed by atoms with Gasteiger partial charge in [-0.3, -0.25) is 10.1 Å². The fraction of sp³-hybridized carbons (Fsp3) is 0.100. The standard InChI is InChI=1S/C20H17N3O4S2/c1-12-18(10-13-6-8-15(9-7-13)29(21,25)26)28-20(22-12)23-19(24)17-11-14-4-2-3-5-16(14)27-17/h2-9,11H,10H2,1H3,(H2,21,25,26)(H,22,23,24). The summed E-state index contributed by atoms with van der Waals surface area (Å²) in [5, 5.41) is 9.23. The minimum Gasteiger partial charge on any atom is -0.451 e. The molecule has 0 aliphatic rings. The fourth-order valence-electron chi connectivity index (χ4n) is 2.88. The van der Waals surface area contributed by atoms with E-state index in [1.165, 1.54) is 23.5 Å². The molecule has 7 nitrogen and oxygen atoms in total. The second kappa shape index (κ2) is 7.43. The fourth-order valence-corrected chi connectivity index (χ4v) is 4.39. The smallest absolute Gasteiger partial charge is 0.293 e. The number of para-hydroxylation sites is 1. The number of aryl methyl sites for hydroxylation is 1. The van der Waals surface area contributed by atoms with E-state index in [-0.39, 0.29) is 16.6 Å². The zero-order chi connectivity index (χ0) is 20.6. The molecule has 29 heavy (non-hydrogen) atoms. The van der Waals surface area contributed by atoms with E-state index < -0.39 is 10.0 Å². The summed E-state index contributed by atoms with van der Waals surface area (Å²) in [7, 11) is -3.71. The van der Waals surface area contributed by atoms with E-state index in [0.717, 1.165) is 21.5 Å². The van der Waals surface area contributed by atoms with Gasteiger partial charge in [-0.2, -0.15) is 0 Å². The second-order valence-electron chi connectivity index (χ2n) is 6.50. The summed E-state index contributed by atoms with van der Waals surface area (Å²) in [6, 6.07) is 15.5. The van der Waals surface area contributed by atoms with Crippen LogP contribution in [0.15, 0.2) is 63.9 Å². The highest BCUT2D eigenvalue weighted by Crippen LogP contribution is 2.27. The Kier molecular flexibility index (Phi) is 4.95. The van der Waals surface area contributed by atoms with Crippen LogP contribution < -0.4 is 10.5 Å². The SMILES string of the molecule is Cc1nc(NC(=O)c2cc3ccccc3o2)sc1Cc1ccc(S(N)(=O)=O)cc1. The highest BCUT2D eigenvalue weighted by molar-refractivity contribution is 7.89. The molecule has 1 amide bonds. The summed E-state index contributed by atoms with van der Waals surface area (Å²) in [6.07, 6.45) is 0.564. The summed E-state index contributed by atoms with van der Waals surface area (Å²) in [6.45, 7) is 1.86. The van der Waals surface area contributed by atoms with Crippen molar-refractivity contribution in [1.82, 2.24) is 4.98 Å². The number of amides is 1. The maximum Gasteiger partial charge on any atom is 0.293 e. The van der Waals surface area contributed by atoms with Gasteiger partial charge in [0.1, 0.15) is 5.58 Å². The Morgan fingerprint density at radius 2 is 1.90 bits per heavy atom. The molecule has 4 rings (SSSR count). The van der Waals surface area contributed by atoms with Gasteiger partial charge in [-0.05, 0) is 36.8 Å². The van der Waals surface area contributed by atoms with Crippen molar-refractivity contribution < 1.29 is 17.6 Å². The molecular weight excluding hydrogens is 410 g/mol. The third kappa shape index (κ3) is 4.21. The zero-order valence-electron chi connectivity index (χ0n) is 15.4. The van der Waals surface area contributed by atoms with Crippen LogP contribution in [0.25, 0.3) is 11.0 Å². The first-order chi connectivity index (χ1) is 13.8. The number of primary sulfonamides is 1. The van der Waals surface area contributed by atoms with Crippen LogP contribution in [-0.4, -0.2) is 19.3 Å². The number of hydrogen-bond acceptors (Lipinski definition) is 6. The molecule has 0 saturated heterocycles. The zero-order valence-corrected chi connectivity index (χ0v) is 17.0. The molecule has 0 fully saturated rings. The van der Waals surface area contributed by atoms with Crippen molar-refractivity contribution in [2.75, 3.05) is 5.32 Å². The lowest BCUT2D eigenvalue weighted by Crippen LogP contribution is -2.11. The molecule has 0 aliphatic heterocycles. The van der Waals surface area contributed by atoms with Crippen LogP contribution >= 0.6 is 11.3 Å². The Morgan fingerprint density at radius 1 is 1.17 bits per heavy atom. The number of thiazole rings is 1. The van der Waals surface area contributed by atoms with Crippen molar-refractivity contribution >= 4 is 43.4 Å². The van der Waals surface area contributed by atoms with Crippen molar-refractivity contribution in [3.05, 3.63) is 76.5 Å². The Balaban J connectivity index is 1.49. The van der Waals surface area contributed by atoms with Crippen LogP contribution in [0.3, 0.4) is 0 Å². The van der Waals surface area contributed by atoms with Crippen molar-refractivity contribution in [2.24, 2.45) is 5.14 Å². The van der Waals surface area contributed by atoms with E-state index in [2.05, 4.69) is 10.3 Å². The predicted octanol–water partition coefficient (Wildman–Crippen LogP) is 3.69. The number of carbonyl (C=O) groups is 1.